The van der Waals surface area contributed by atoms with Crippen LogP contribution in [0.3, 0.4) is 0 Å². The first-order valence-electron chi connectivity index (χ1n) is 8.54. The highest BCUT2D eigenvalue weighted by Gasteiger charge is 2.14. The molecule has 132 valence electrons. The van der Waals surface area contributed by atoms with Gasteiger partial charge in [-0.3, -0.25) is 4.79 Å². The minimum atomic E-state index is -0.302. The molecular formula is C19H18FN5O. The molecule has 4 rings (SSSR count). The summed E-state index contributed by atoms with van der Waals surface area (Å²) in [6.45, 7) is 4.89. The zero-order valence-electron chi connectivity index (χ0n) is 14.6. The van der Waals surface area contributed by atoms with Gasteiger partial charge in [-0.05, 0) is 36.1 Å². The van der Waals surface area contributed by atoms with Crippen LogP contribution in [-0.4, -0.2) is 24.4 Å². The molecule has 0 amide bonds. The molecule has 1 aromatic carbocycles. The van der Waals surface area contributed by atoms with Gasteiger partial charge in [0.25, 0.3) is 5.56 Å². The summed E-state index contributed by atoms with van der Waals surface area (Å²) in [7, 11) is 0. The Morgan fingerprint density at radius 1 is 1.12 bits per heavy atom. The highest BCUT2D eigenvalue weighted by atomic mass is 19.1. The largest absolute Gasteiger partial charge is 0.313 e. The van der Waals surface area contributed by atoms with Crippen molar-refractivity contribution in [2.24, 2.45) is 5.92 Å². The quantitative estimate of drug-likeness (QED) is 0.566. The van der Waals surface area contributed by atoms with E-state index >= 15 is 0 Å². The molecule has 0 radical (unpaired) electrons. The Morgan fingerprint density at radius 2 is 1.88 bits per heavy atom. The summed E-state index contributed by atoms with van der Waals surface area (Å²) >= 11 is 0. The van der Waals surface area contributed by atoms with Gasteiger partial charge in [-0.2, -0.15) is 5.10 Å². The van der Waals surface area contributed by atoms with E-state index in [1.54, 1.807) is 33.6 Å². The number of hydrogen-bond acceptors (Lipinski definition) is 4. The van der Waals surface area contributed by atoms with E-state index in [1.807, 2.05) is 6.07 Å². The van der Waals surface area contributed by atoms with E-state index < -0.39 is 0 Å². The van der Waals surface area contributed by atoms with Crippen molar-refractivity contribution in [2.75, 3.05) is 0 Å². The second-order valence-corrected chi connectivity index (χ2v) is 6.73. The highest BCUT2D eigenvalue weighted by Crippen LogP contribution is 2.24. The number of hydrogen-bond donors (Lipinski definition) is 0. The third kappa shape index (κ3) is 2.75. The van der Waals surface area contributed by atoms with Gasteiger partial charge in [-0.15, -0.1) is 10.2 Å². The number of fused-ring (bicyclic) bond motifs is 3. The Balaban J connectivity index is 1.85. The lowest BCUT2D eigenvalue weighted by molar-refractivity contribution is 0.509. The smallest absolute Gasteiger partial charge is 0.280 e. The number of nitrogens with zero attached hydrogens (tertiary/aromatic N) is 5. The van der Waals surface area contributed by atoms with Gasteiger partial charge in [-0.1, -0.05) is 26.0 Å². The van der Waals surface area contributed by atoms with E-state index in [-0.39, 0.29) is 16.9 Å². The topological polar surface area (TPSA) is 65.1 Å². The average molecular weight is 351 g/mol. The van der Waals surface area contributed by atoms with Gasteiger partial charge in [0.2, 0.25) is 0 Å². The number of halogens is 1. The van der Waals surface area contributed by atoms with Crippen molar-refractivity contribution < 1.29 is 4.39 Å². The van der Waals surface area contributed by atoms with Crippen molar-refractivity contribution in [2.45, 2.75) is 26.8 Å². The van der Waals surface area contributed by atoms with Gasteiger partial charge in [0.1, 0.15) is 11.3 Å². The molecule has 0 saturated carbocycles. The minimum Gasteiger partial charge on any atom is -0.313 e. The molecule has 0 fully saturated rings. The van der Waals surface area contributed by atoms with Crippen LogP contribution < -0.4 is 5.56 Å². The van der Waals surface area contributed by atoms with Crippen LogP contribution in [0.15, 0.2) is 47.5 Å². The van der Waals surface area contributed by atoms with Crippen LogP contribution in [0.25, 0.3) is 27.8 Å². The first kappa shape index (κ1) is 16.4. The van der Waals surface area contributed by atoms with Crippen LogP contribution in [0.1, 0.15) is 20.3 Å². The van der Waals surface area contributed by atoms with Crippen molar-refractivity contribution in [3.63, 3.8) is 0 Å². The molecule has 6 nitrogen and oxygen atoms in total. The molecule has 7 heteroatoms. The Hall–Kier alpha value is -3.09. The summed E-state index contributed by atoms with van der Waals surface area (Å²) in [6, 6.07) is 7.95. The molecule has 0 unspecified atom stereocenters. The van der Waals surface area contributed by atoms with E-state index in [1.165, 1.54) is 12.1 Å². The van der Waals surface area contributed by atoms with Crippen LogP contribution in [0.2, 0.25) is 0 Å². The lowest BCUT2D eigenvalue weighted by atomic mass is 10.1. The van der Waals surface area contributed by atoms with Crippen LogP contribution in [-0.2, 0) is 6.54 Å². The molecular weight excluding hydrogens is 333 g/mol. The van der Waals surface area contributed by atoms with Gasteiger partial charge in [0.05, 0.1) is 6.20 Å². The maximum Gasteiger partial charge on any atom is 0.280 e. The molecule has 0 aliphatic heterocycles. The zero-order chi connectivity index (χ0) is 18.3. The van der Waals surface area contributed by atoms with Crippen molar-refractivity contribution in [3.8, 4) is 11.1 Å². The third-order valence-corrected chi connectivity index (χ3v) is 4.44. The maximum atomic E-state index is 13.2. The summed E-state index contributed by atoms with van der Waals surface area (Å²) in [4.78, 5) is 12.7. The standard InChI is InChI=1S/C19H18FN5O/c1-12(2)7-9-24-10-8-16-17(19(24)26)22-23-18-15(11-21-25(16)18)13-3-5-14(20)6-4-13/h3-6,8,10-12H,7,9H2,1-2H3. The van der Waals surface area contributed by atoms with Crippen LogP contribution in [0.5, 0.6) is 0 Å². The first-order valence-corrected chi connectivity index (χ1v) is 8.54. The fourth-order valence-electron chi connectivity index (χ4n) is 2.94. The fourth-order valence-corrected chi connectivity index (χ4v) is 2.94. The Kier molecular flexibility index (Phi) is 3.99. The first-order chi connectivity index (χ1) is 12.5. The lowest BCUT2D eigenvalue weighted by Gasteiger charge is -2.09. The predicted octanol–water partition coefficient (Wildman–Crippen LogP) is 3.29. The molecule has 0 atom stereocenters. The Morgan fingerprint density at radius 3 is 2.62 bits per heavy atom. The molecule has 0 aliphatic carbocycles. The Bertz CT molecular complexity index is 1140. The van der Waals surface area contributed by atoms with Crippen LogP contribution in [0.4, 0.5) is 4.39 Å². The predicted molar refractivity (Wildman–Crippen MR) is 97.4 cm³/mol. The van der Waals surface area contributed by atoms with Gasteiger partial charge < -0.3 is 4.57 Å². The number of aryl methyl sites for hydroxylation is 1. The average Bonchev–Trinajstić information content (AvgIpc) is 3.06. The number of rotatable bonds is 4. The maximum absolute atomic E-state index is 13.2. The molecule has 3 aromatic heterocycles. The minimum absolute atomic E-state index is 0.170. The van der Waals surface area contributed by atoms with Gasteiger partial charge in [-0.25, -0.2) is 8.91 Å². The zero-order valence-corrected chi connectivity index (χ0v) is 14.6. The van der Waals surface area contributed by atoms with Crippen LogP contribution >= 0.6 is 0 Å². The van der Waals surface area contributed by atoms with Crippen LogP contribution in [0, 0.1) is 11.7 Å². The van der Waals surface area contributed by atoms with E-state index in [4.69, 9.17) is 0 Å². The van der Waals surface area contributed by atoms with Crippen molar-refractivity contribution in [1.82, 2.24) is 24.4 Å². The third-order valence-electron chi connectivity index (χ3n) is 4.44. The van der Waals surface area contributed by atoms with E-state index in [2.05, 4.69) is 29.1 Å². The Labute approximate surface area is 148 Å². The molecule has 0 aliphatic rings. The molecule has 3 heterocycles. The number of pyridine rings is 1. The number of benzene rings is 1. The summed E-state index contributed by atoms with van der Waals surface area (Å²) in [5.41, 5.74) is 2.79. The fraction of sp³-hybridized carbons (Fsp3) is 0.263. The summed E-state index contributed by atoms with van der Waals surface area (Å²) < 4.78 is 16.4. The molecule has 4 aromatic rings. The van der Waals surface area contributed by atoms with Gasteiger partial charge in [0.15, 0.2) is 11.2 Å². The van der Waals surface area contributed by atoms with E-state index in [0.717, 1.165) is 17.5 Å². The van der Waals surface area contributed by atoms with Gasteiger partial charge >= 0.3 is 0 Å². The lowest BCUT2D eigenvalue weighted by Crippen LogP contribution is -2.22. The van der Waals surface area contributed by atoms with Gasteiger partial charge in [0, 0.05) is 18.3 Å². The van der Waals surface area contributed by atoms with Crippen molar-refractivity contribution >= 4 is 16.7 Å². The summed E-state index contributed by atoms with van der Waals surface area (Å²) in [5, 5.41) is 12.7. The monoisotopic (exact) mass is 351 g/mol. The molecule has 0 saturated heterocycles. The summed E-state index contributed by atoms with van der Waals surface area (Å²) in [5.74, 6) is 0.208. The molecule has 0 N–H and O–H groups in total. The summed E-state index contributed by atoms with van der Waals surface area (Å²) in [6.07, 6.45) is 4.34. The molecule has 0 bridgehead atoms. The SMILES string of the molecule is CC(C)CCn1ccc2c(nnc3c(-c4ccc(F)cc4)cnn32)c1=O. The second-order valence-electron chi connectivity index (χ2n) is 6.73. The molecule has 0 spiro atoms. The van der Waals surface area contributed by atoms with Crippen molar-refractivity contribution in [3.05, 3.63) is 58.9 Å². The number of aromatic nitrogens is 5. The normalized spacial score (nSPS) is 11.7. The second kappa shape index (κ2) is 6.33. The van der Waals surface area contributed by atoms with Crippen molar-refractivity contribution in [1.29, 1.82) is 0 Å². The molecule has 26 heavy (non-hydrogen) atoms. The highest BCUT2D eigenvalue weighted by molar-refractivity contribution is 5.82. The van der Waals surface area contributed by atoms with E-state index in [9.17, 15) is 9.18 Å². The van der Waals surface area contributed by atoms with E-state index in [0.29, 0.717) is 23.6 Å².